The van der Waals surface area contributed by atoms with Crippen molar-refractivity contribution in [2.45, 2.75) is 26.4 Å². The first-order chi connectivity index (χ1) is 17.2. The maximum absolute atomic E-state index is 13.9. The van der Waals surface area contributed by atoms with Crippen LogP contribution < -0.4 is 10.3 Å². The van der Waals surface area contributed by atoms with E-state index in [9.17, 15) is 19.3 Å². The Morgan fingerprint density at radius 1 is 1.25 bits per heavy atom. The van der Waals surface area contributed by atoms with Crippen LogP contribution in [-0.4, -0.2) is 20.8 Å². The lowest BCUT2D eigenvalue weighted by molar-refractivity contribution is -0.385. The number of hydrogen-bond donors (Lipinski definition) is 0. The van der Waals surface area contributed by atoms with Gasteiger partial charge in [-0.25, -0.2) is 9.37 Å². The van der Waals surface area contributed by atoms with Crippen LogP contribution in [0.1, 0.15) is 36.7 Å². The van der Waals surface area contributed by atoms with Crippen molar-refractivity contribution in [3.63, 3.8) is 0 Å². The molecule has 0 atom stereocenters. The summed E-state index contributed by atoms with van der Waals surface area (Å²) in [7, 11) is 0. The van der Waals surface area contributed by atoms with Crippen LogP contribution in [0.2, 0.25) is 5.02 Å². The Bertz CT molecular complexity index is 1570. The Morgan fingerprint density at radius 2 is 2.00 bits per heavy atom. The molecule has 8 nitrogen and oxygen atoms in total. The average Bonchev–Trinajstić information content (AvgIpc) is 2.83. The van der Waals surface area contributed by atoms with Crippen molar-refractivity contribution in [2.75, 3.05) is 0 Å². The first kappa shape index (κ1) is 25.5. The zero-order valence-electron chi connectivity index (χ0n) is 19.1. The lowest BCUT2D eigenvalue weighted by Gasteiger charge is -2.12. The molecule has 0 N–H and O–H groups in total. The zero-order chi connectivity index (χ0) is 26.0. The third kappa shape index (κ3) is 5.29. The summed E-state index contributed by atoms with van der Waals surface area (Å²) < 4.78 is 21.3. The molecule has 1 aromatic heterocycles. The number of ether oxygens (including phenoxy) is 1. The number of halogens is 3. The molecule has 0 unspecified atom stereocenters. The van der Waals surface area contributed by atoms with Gasteiger partial charge in [-0.05, 0) is 30.3 Å². The second-order valence-electron chi connectivity index (χ2n) is 8.14. The first-order valence-electron chi connectivity index (χ1n) is 10.8. The van der Waals surface area contributed by atoms with Crippen molar-refractivity contribution in [3.8, 4) is 5.75 Å². The maximum Gasteiger partial charge on any atom is 0.313 e. The third-order valence-corrected chi connectivity index (χ3v) is 6.02. The fraction of sp³-hybridized carbons (Fsp3) is 0.160. The number of aromatic nitrogens is 2. The van der Waals surface area contributed by atoms with Crippen LogP contribution in [0.3, 0.4) is 0 Å². The summed E-state index contributed by atoms with van der Waals surface area (Å²) in [6, 6.07) is 13.8. The molecule has 0 aliphatic rings. The molecule has 0 amide bonds. The van der Waals surface area contributed by atoms with E-state index in [0.29, 0.717) is 16.7 Å². The Kier molecular flexibility index (Phi) is 7.46. The zero-order valence-corrected chi connectivity index (χ0v) is 21.5. The number of nitro benzene ring substituents is 1. The molecule has 0 saturated heterocycles. The van der Waals surface area contributed by atoms with Crippen LogP contribution in [-0.2, 0) is 6.61 Å². The molecule has 0 aliphatic carbocycles. The van der Waals surface area contributed by atoms with Crippen LogP contribution in [0.5, 0.6) is 5.75 Å². The molecule has 0 bridgehead atoms. The second-order valence-corrected chi connectivity index (χ2v) is 9.46. The molecule has 1 heterocycles. The molecule has 0 spiro atoms. The molecule has 0 aliphatic heterocycles. The molecule has 0 saturated carbocycles. The number of hydrogen-bond acceptors (Lipinski definition) is 6. The van der Waals surface area contributed by atoms with Gasteiger partial charge in [0.1, 0.15) is 18.2 Å². The minimum Gasteiger partial charge on any atom is -0.481 e. The quantitative estimate of drug-likeness (QED) is 0.144. The van der Waals surface area contributed by atoms with E-state index in [4.69, 9.17) is 16.3 Å². The Labute approximate surface area is 218 Å². The van der Waals surface area contributed by atoms with E-state index in [1.165, 1.54) is 41.2 Å². The molecule has 0 fully saturated rings. The summed E-state index contributed by atoms with van der Waals surface area (Å²) in [6.07, 6.45) is 1.29. The second kappa shape index (κ2) is 10.5. The summed E-state index contributed by atoms with van der Waals surface area (Å²) >= 11 is 9.66. The van der Waals surface area contributed by atoms with Crippen LogP contribution in [0.25, 0.3) is 10.9 Å². The molecular weight excluding hydrogens is 555 g/mol. The van der Waals surface area contributed by atoms with Gasteiger partial charge < -0.3 is 4.74 Å². The van der Waals surface area contributed by atoms with Crippen LogP contribution in [0, 0.1) is 15.9 Å². The monoisotopic (exact) mass is 572 g/mol. The number of rotatable bonds is 7. The molecule has 0 radical (unpaired) electrons. The van der Waals surface area contributed by atoms with Crippen molar-refractivity contribution < 1.29 is 14.1 Å². The molecule has 184 valence electrons. The van der Waals surface area contributed by atoms with Gasteiger partial charge >= 0.3 is 5.69 Å². The molecular formula is C25H19BrClFN4O4. The predicted molar refractivity (Wildman–Crippen MR) is 140 cm³/mol. The van der Waals surface area contributed by atoms with Crippen LogP contribution in [0.15, 0.2) is 69.0 Å². The van der Waals surface area contributed by atoms with E-state index in [-0.39, 0.29) is 40.0 Å². The highest BCUT2D eigenvalue weighted by atomic mass is 79.9. The Morgan fingerprint density at radius 3 is 2.69 bits per heavy atom. The predicted octanol–water partition coefficient (Wildman–Crippen LogP) is 6.44. The van der Waals surface area contributed by atoms with Crippen molar-refractivity contribution in [1.82, 2.24) is 9.66 Å². The third-order valence-electron chi connectivity index (χ3n) is 5.24. The Balaban J connectivity index is 1.73. The molecule has 4 aromatic rings. The van der Waals surface area contributed by atoms with Gasteiger partial charge in [0.15, 0.2) is 0 Å². The van der Waals surface area contributed by atoms with E-state index in [1.54, 1.807) is 24.3 Å². The summed E-state index contributed by atoms with van der Waals surface area (Å²) in [5, 5.41) is 16.3. The van der Waals surface area contributed by atoms with Gasteiger partial charge in [-0.1, -0.05) is 59.6 Å². The van der Waals surface area contributed by atoms with E-state index < -0.39 is 16.4 Å². The molecule has 3 aromatic carbocycles. The van der Waals surface area contributed by atoms with Gasteiger partial charge in [-0.3, -0.25) is 14.9 Å². The van der Waals surface area contributed by atoms with Gasteiger partial charge in [0.2, 0.25) is 5.75 Å². The summed E-state index contributed by atoms with van der Waals surface area (Å²) in [4.78, 5) is 28.8. The molecule has 11 heteroatoms. The molecule has 4 rings (SSSR count). The first-order valence-corrected chi connectivity index (χ1v) is 11.9. The minimum atomic E-state index is -0.652. The minimum absolute atomic E-state index is 0.0565. The molecule has 36 heavy (non-hydrogen) atoms. The normalized spacial score (nSPS) is 11.5. The number of benzene rings is 3. The summed E-state index contributed by atoms with van der Waals surface area (Å²) in [6.45, 7) is 3.51. The number of fused-ring (bicyclic) bond motifs is 1. The van der Waals surface area contributed by atoms with E-state index >= 15 is 0 Å². The average molecular weight is 574 g/mol. The van der Waals surface area contributed by atoms with Gasteiger partial charge in [-0.2, -0.15) is 9.78 Å². The maximum atomic E-state index is 13.9. The highest BCUT2D eigenvalue weighted by Crippen LogP contribution is 2.36. The number of nitro groups is 1. The fourth-order valence-electron chi connectivity index (χ4n) is 3.49. The lowest BCUT2D eigenvalue weighted by Crippen LogP contribution is -2.23. The SMILES string of the molecule is CC(C)c1nc2ccc(Br)cc2c(=O)n1N=Cc1cc(Cl)c(OCc2ccccc2F)c([N+](=O)[O-])c1. The van der Waals surface area contributed by atoms with Crippen LogP contribution >= 0.6 is 27.5 Å². The fourth-order valence-corrected chi connectivity index (χ4v) is 4.13. The smallest absolute Gasteiger partial charge is 0.313 e. The highest BCUT2D eigenvalue weighted by Gasteiger charge is 2.21. The highest BCUT2D eigenvalue weighted by molar-refractivity contribution is 9.10. The van der Waals surface area contributed by atoms with Crippen molar-refractivity contribution in [2.24, 2.45) is 5.10 Å². The largest absolute Gasteiger partial charge is 0.481 e. The topological polar surface area (TPSA) is 99.6 Å². The summed E-state index contributed by atoms with van der Waals surface area (Å²) in [5.41, 5.74) is 0.225. The van der Waals surface area contributed by atoms with Crippen molar-refractivity contribution >= 4 is 50.3 Å². The standard InChI is InChI=1S/C25H19BrClFN4O4/c1-14(2)24-30-21-8-7-17(26)11-18(21)25(33)31(24)29-12-15-9-19(27)23(22(10-15)32(34)35)36-13-16-5-3-4-6-20(16)28/h3-12,14H,13H2,1-2H3. The lowest BCUT2D eigenvalue weighted by atomic mass is 10.2. The van der Waals surface area contributed by atoms with Gasteiger partial charge in [0.25, 0.3) is 5.56 Å². The van der Waals surface area contributed by atoms with E-state index in [0.717, 1.165) is 4.47 Å². The Hall–Kier alpha value is -3.63. The van der Waals surface area contributed by atoms with Crippen LogP contribution in [0.4, 0.5) is 10.1 Å². The van der Waals surface area contributed by atoms with Crippen molar-refractivity contribution in [1.29, 1.82) is 0 Å². The van der Waals surface area contributed by atoms with E-state index in [2.05, 4.69) is 26.0 Å². The van der Waals surface area contributed by atoms with Gasteiger partial charge in [0.05, 0.1) is 27.1 Å². The van der Waals surface area contributed by atoms with E-state index in [1.807, 2.05) is 13.8 Å². The van der Waals surface area contributed by atoms with Gasteiger partial charge in [0, 0.05) is 27.6 Å². The van der Waals surface area contributed by atoms with Crippen molar-refractivity contribution in [3.05, 3.63) is 107 Å². The number of nitrogens with zero attached hydrogens (tertiary/aromatic N) is 4. The van der Waals surface area contributed by atoms with Gasteiger partial charge in [-0.15, -0.1) is 0 Å². The summed E-state index contributed by atoms with van der Waals surface area (Å²) in [5.74, 6) is -0.395.